The molecule has 3 nitrogen and oxygen atoms in total. The van der Waals surface area contributed by atoms with Crippen LogP contribution in [0.4, 0.5) is 39.5 Å². The minimum Gasteiger partial charge on any atom is -0.285 e. The quantitative estimate of drug-likeness (QED) is 0.630. The molecule has 0 rings (SSSR count). The summed E-state index contributed by atoms with van der Waals surface area (Å²) in [5.41, 5.74) is 0. The van der Waals surface area contributed by atoms with Crippen molar-refractivity contribution in [2.75, 3.05) is 0 Å². The van der Waals surface area contributed by atoms with Gasteiger partial charge in [0.2, 0.25) is 0 Å². The normalized spacial score (nSPS) is 15.9. The Kier molecular flexibility index (Phi) is 3.98. The van der Waals surface area contributed by atoms with Crippen LogP contribution in [0.5, 0.6) is 0 Å². The molecular weight excluding hydrogens is 311 g/mol. The van der Waals surface area contributed by atoms with Gasteiger partial charge in [0.15, 0.2) is 0 Å². The third-order valence-electron chi connectivity index (χ3n) is 1.81. The minimum atomic E-state index is -7.15. The molecule has 0 bridgehead atoms. The summed E-state index contributed by atoms with van der Waals surface area (Å²) < 4.78 is 130. The Balaban J connectivity index is 6.29. The van der Waals surface area contributed by atoms with Gasteiger partial charge in [-0.25, -0.2) is 0 Å². The lowest BCUT2D eigenvalue weighted by Crippen LogP contribution is -2.63. The van der Waals surface area contributed by atoms with E-state index in [1.807, 2.05) is 0 Å². The summed E-state index contributed by atoms with van der Waals surface area (Å²) in [7, 11) is -7.15. The zero-order chi connectivity index (χ0) is 15.2. The highest BCUT2D eigenvalue weighted by Crippen LogP contribution is 2.53. The molecule has 0 saturated carbocycles. The fourth-order valence-electron chi connectivity index (χ4n) is 1.03. The van der Waals surface area contributed by atoms with Crippen LogP contribution < -0.4 is 0 Å². The van der Waals surface area contributed by atoms with Gasteiger partial charge in [-0.3, -0.25) is 4.55 Å². The van der Waals surface area contributed by atoms with E-state index in [0.29, 0.717) is 0 Å². The van der Waals surface area contributed by atoms with E-state index in [-0.39, 0.29) is 0 Å². The van der Waals surface area contributed by atoms with Gasteiger partial charge in [-0.2, -0.15) is 47.9 Å². The molecule has 0 aliphatic rings. The van der Waals surface area contributed by atoms with Crippen molar-refractivity contribution in [3.8, 4) is 0 Å². The van der Waals surface area contributed by atoms with Crippen molar-refractivity contribution in [2.24, 2.45) is 0 Å². The van der Waals surface area contributed by atoms with Crippen LogP contribution in [0.3, 0.4) is 0 Å². The summed E-state index contributed by atoms with van der Waals surface area (Å²) in [6, 6.07) is 0. The highest BCUT2D eigenvalue weighted by Gasteiger charge is 2.81. The summed E-state index contributed by atoms with van der Waals surface area (Å²) in [5.74, 6) is 0. The Morgan fingerprint density at radius 3 is 1.11 bits per heavy atom. The maximum atomic E-state index is 12.1. The zero-order valence-corrected chi connectivity index (χ0v) is 8.60. The predicted octanol–water partition coefficient (Wildman–Crippen LogP) is 2.69. The average Bonchev–Trinajstić information content (AvgIpc) is 1.90. The summed E-state index contributed by atoms with van der Waals surface area (Å²) >= 11 is 0. The molecule has 1 N–H and O–H groups in total. The second-order valence-corrected chi connectivity index (χ2v) is 4.74. The zero-order valence-electron chi connectivity index (χ0n) is 7.78. The second kappa shape index (κ2) is 4.15. The van der Waals surface area contributed by atoms with Crippen LogP contribution in [-0.2, 0) is 10.1 Å². The molecular formula is C5H3F9O3S. The van der Waals surface area contributed by atoms with Crippen LogP contribution in [-0.4, -0.2) is 36.2 Å². The maximum Gasteiger partial charge on any atom is 0.419 e. The van der Waals surface area contributed by atoms with E-state index in [9.17, 15) is 47.9 Å². The van der Waals surface area contributed by atoms with Crippen molar-refractivity contribution in [3.05, 3.63) is 0 Å². The molecule has 0 spiro atoms. The molecule has 0 radical (unpaired) electrons. The molecule has 110 valence electrons. The van der Waals surface area contributed by atoms with E-state index in [4.69, 9.17) is 4.55 Å². The Hall–Kier alpha value is -0.720. The Labute approximate surface area is 93.3 Å². The van der Waals surface area contributed by atoms with Gasteiger partial charge < -0.3 is 0 Å². The lowest BCUT2D eigenvalue weighted by atomic mass is 10.0. The lowest BCUT2D eigenvalue weighted by Gasteiger charge is -2.34. The topological polar surface area (TPSA) is 54.4 Å². The second-order valence-electron chi connectivity index (χ2n) is 3.09. The van der Waals surface area contributed by atoms with Crippen LogP contribution >= 0.6 is 0 Å². The lowest BCUT2D eigenvalue weighted by molar-refractivity contribution is -0.293. The molecule has 0 aliphatic heterocycles. The predicted molar refractivity (Wildman–Crippen MR) is 37.1 cm³/mol. The van der Waals surface area contributed by atoms with E-state index >= 15 is 0 Å². The summed E-state index contributed by atoms with van der Waals surface area (Å²) in [6.45, 7) is 0. The van der Waals surface area contributed by atoms with Gasteiger partial charge >= 0.3 is 18.5 Å². The number of halogens is 9. The monoisotopic (exact) mass is 314 g/mol. The Bertz CT molecular complexity index is 385. The SMILES string of the molecule is O=S(=O)(O)C(CC(F)(F)F)(C(F)(F)F)C(F)(F)F. The van der Waals surface area contributed by atoms with Crippen molar-refractivity contribution >= 4 is 10.1 Å². The first-order valence-electron chi connectivity index (χ1n) is 3.63. The molecule has 0 amide bonds. The summed E-state index contributed by atoms with van der Waals surface area (Å²) in [6.07, 6.45) is -23.7. The van der Waals surface area contributed by atoms with E-state index in [1.54, 1.807) is 0 Å². The first kappa shape index (κ1) is 17.3. The van der Waals surface area contributed by atoms with E-state index in [2.05, 4.69) is 0 Å². The molecule has 18 heavy (non-hydrogen) atoms. The largest absolute Gasteiger partial charge is 0.419 e. The van der Waals surface area contributed by atoms with Crippen LogP contribution in [0.25, 0.3) is 0 Å². The average molecular weight is 314 g/mol. The van der Waals surface area contributed by atoms with Crippen LogP contribution in [0, 0.1) is 0 Å². The fraction of sp³-hybridized carbons (Fsp3) is 1.00. The molecule has 0 aromatic rings. The molecule has 0 fully saturated rings. The van der Waals surface area contributed by atoms with Gasteiger partial charge in [0.25, 0.3) is 14.9 Å². The maximum absolute atomic E-state index is 12.1. The molecule has 13 heteroatoms. The van der Waals surface area contributed by atoms with Gasteiger partial charge in [-0.1, -0.05) is 0 Å². The van der Waals surface area contributed by atoms with Crippen LogP contribution in [0.15, 0.2) is 0 Å². The number of hydrogen-bond donors (Lipinski definition) is 1. The van der Waals surface area contributed by atoms with Crippen molar-refractivity contribution in [3.63, 3.8) is 0 Å². The molecule has 0 atom stereocenters. The van der Waals surface area contributed by atoms with Gasteiger partial charge in [0, 0.05) is 0 Å². The first-order chi connectivity index (χ1) is 7.46. The smallest absolute Gasteiger partial charge is 0.285 e. The highest BCUT2D eigenvalue weighted by molar-refractivity contribution is 7.87. The Morgan fingerprint density at radius 2 is 1.06 bits per heavy atom. The molecule has 0 aliphatic carbocycles. The number of hydrogen-bond acceptors (Lipinski definition) is 2. The molecule has 0 aromatic carbocycles. The summed E-state index contributed by atoms with van der Waals surface area (Å²) in [4.78, 5) is 0. The van der Waals surface area contributed by atoms with Crippen molar-refractivity contribution < 1.29 is 52.5 Å². The fourth-order valence-corrected chi connectivity index (χ4v) is 1.96. The van der Waals surface area contributed by atoms with E-state index < -0.39 is 39.8 Å². The molecule has 0 unspecified atom stereocenters. The standard InChI is InChI=1S/C5H3F9O3S/c6-3(7,8)1-2(4(9,10)11,5(12,13)14)18(15,16)17/h1H2,(H,15,16,17). The summed E-state index contributed by atoms with van der Waals surface area (Å²) in [5, 5.41) is 0. The highest BCUT2D eigenvalue weighted by atomic mass is 32.2. The first-order valence-corrected chi connectivity index (χ1v) is 5.07. The minimum absolute atomic E-state index is 3.83. The molecule has 0 saturated heterocycles. The Morgan fingerprint density at radius 1 is 0.778 bits per heavy atom. The van der Waals surface area contributed by atoms with Gasteiger partial charge in [-0.05, 0) is 0 Å². The number of rotatable bonds is 2. The van der Waals surface area contributed by atoms with E-state index in [0.717, 1.165) is 0 Å². The number of alkyl halides is 9. The van der Waals surface area contributed by atoms with Gasteiger partial charge in [0.1, 0.15) is 0 Å². The van der Waals surface area contributed by atoms with Crippen LogP contribution in [0.1, 0.15) is 6.42 Å². The third-order valence-corrected chi connectivity index (χ3v) is 3.29. The van der Waals surface area contributed by atoms with Crippen molar-refractivity contribution in [1.29, 1.82) is 0 Å². The van der Waals surface area contributed by atoms with Crippen molar-refractivity contribution in [2.45, 2.75) is 29.7 Å². The van der Waals surface area contributed by atoms with Gasteiger partial charge in [0.05, 0.1) is 6.42 Å². The molecule has 0 heterocycles. The van der Waals surface area contributed by atoms with E-state index in [1.165, 1.54) is 0 Å². The van der Waals surface area contributed by atoms with Crippen molar-refractivity contribution in [1.82, 2.24) is 0 Å². The van der Waals surface area contributed by atoms with Crippen LogP contribution in [0.2, 0.25) is 0 Å². The van der Waals surface area contributed by atoms with Gasteiger partial charge in [-0.15, -0.1) is 0 Å². The third kappa shape index (κ3) is 2.99. The molecule has 0 aromatic heterocycles.